The van der Waals surface area contributed by atoms with Gasteiger partial charge >= 0.3 is 6.18 Å². The van der Waals surface area contributed by atoms with E-state index in [2.05, 4.69) is 22.9 Å². The van der Waals surface area contributed by atoms with Gasteiger partial charge in [-0.25, -0.2) is 0 Å². The number of halogens is 3. The first-order chi connectivity index (χ1) is 9.99. The molecule has 2 bridgehead atoms. The van der Waals surface area contributed by atoms with Crippen LogP contribution in [0.3, 0.4) is 0 Å². The van der Waals surface area contributed by atoms with E-state index >= 15 is 0 Å². The SMILES string of the molecule is CC.CCN1CC2C=C(c3ccc(C(F)(F)F)nc3)C1C2. The molecule has 2 nitrogen and oxygen atoms in total. The van der Waals surface area contributed by atoms with E-state index in [1.165, 1.54) is 12.3 Å². The van der Waals surface area contributed by atoms with Crippen molar-refractivity contribution in [1.82, 2.24) is 9.88 Å². The maximum atomic E-state index is 12.5. The summed E-state index contributed by atoms with van der Waals surface area (Å²) in [6, 6.07) is 2.96. The number of hydrogen-bond donors (Lipinski definition) is 0. The molecule has 1 aliphatic carbocycles. The standard InChI is InChI=1S/C14H15F3N2.C2H6/c1-2-19-8-9-5-11(12(19)6-9)10-3-4-13(18-7-10)14(15,16)17;1-2/h3-5,7,9,12H,2,6,8H2,1H3;1-2H3. The molecule has 0 N–H and O–H groups in total. The predicted octanol–water partition coefficient (Wildman–Crippen LogP) is 4.23. The third-order valence-electron chi connectivity index (χ3n) is 4.00. The molecule has 0 spiro atoms. The van der Waals surface area contributed by atoms with Crippen LogP contribution >= 0.6 is 0 Å². The van der Waals surface area contributed by atoms with Crippen LogP contribution in [0.15, 0.2) is 24.4 Å². The first-order valence-electron chi connectivity index (χ1n) is 7.48. The summed E-state index contributed by atoms with van der Waals surface area (Å²) < 4.78 is 37.4. The average Bonchev–Trinajstić information content (AvgIpc) is 3.08. The molecule has 21 heavy (non-hydrogen) atoms. The van der Waals surface area contributed by atoms with E-state index in [9.17, 15) is 13.2 Å². The number of fused-ring (bicyclic) bond motifs is 2. The first kappa shape index (κ1) is 16.0. The fourth-order valence-electron chi connectivity index (χ4n) is 3.12. The second-order valence-electron chi connectivity index (χ2n) is 5.15. The van der Waals surface area contributed by atoms with E-state index in [0.29, 0.717) is 12.0 Å². The summed E-state index contributed by atoms with van der Waals surface area (Å²) >= 11 is 0. The van der Waals surface area contributed by atoms with Crippen molar-refractivity contribution >= 4 is 5.57 Å². The second-order valence-corrected chi connectivity index (χ2v) is 5.15. The fourth-order valence-corrected chi connectivity index (χ4v) is 3.12. The second kappa shape index (κ2) is 6.18. The predicted molar refractivity (Wildman–Crippen MR) is 77.7 cm³/mol. The maximum Gasteiger partial charge on any atom is 0.433 e. The summed E-state index contributed by atoms with van der Waals surface area (Å²) in [5.41, 5.74) is 1.13. The van der Waals surface area contributed by atoms with Gasteiger partial charge in [-0.15, -0.1) is 0 Å². The Labute approximate surface area is 123 Å². The molecule has 3 rings (SSSR count). The number of nitrogens with zero attached hydrogens (tertiary/aromatic N) is 2. The number of hydrogen-bond acceptors (Lipinski definition) is 2. The van der Waals surface area contributed by atoms with Gasteiger partial charge in [0.2, 0.25) is 0 Å². The Kier molecular flexibility index (Phi) is 4.71. The third kappa shape index (κ3) is 3.12. The highest BCUT2D eigenvalue weighted by atomic mass is 19.4. The lowest BCUT2D eigenvalue weighted by Gasteiger charge is -2.27. The number of rotatable bonds is 2. The van der Waals surface area contributed by atoms with Gasteiger partial charge in [0.15, 0.2) is 0 Å². The lowest BCUT2D eigenvalue weighted by atomic mass is 10.0. The zero-order valence-electron chi connectivity index (χ0n) is 12.6. The fraction of sp³-hybridized carbons (Fsp3) is 0.562. The molecule has 1 aromatic rings. The topological polar surface area (TPSA) is 16.1 Å². The molecular formula is C16H21F3N2. The van der Waals surface area contributed by atoms with Gasteiger partial charge in [-0.1, -0.05) is 32.9 Å². The Hall–Kier alpha value is -1.36. The van der Waals surface area contributed by atoms with Crippen LogP contribution in [0.5, 0.6) is 0 Å². The Morgan fingerprint density at radius 3 is 2.48 bits per heavy atom. The largest absolute Gasteiger partial charge is 0.433 e. The van der Waals surface area contributed by atoms with Crippen LogP contribution < -0.4 is 0 Å². The van der Waals surface area contributed by atoms with Crippen LogP contribution in [-0.4, -0.2) is 29.0 Å². The minimum absolute atomic E-state index is 0.355. The van der Waals surface area contributed by atoms with Crippen molar-refractivity contribution in [2.24, 2.45) is 5.92 Å². The number of alkyl halides is 3. The number of aromatic nitrogens is 1. The normalized spacial score (nSPS) is 24.6. The molecule has 1 aliphatic heterocycles. The third-order valence-corrected chi connectivity index (χ3v) is 4.00. The molecule has 1 saturated heterocycles. The van der Waals surface area contributed by atoms with Crippen LogP contribution in [0.4, 0.5) is 13.2 Å². The zero-order chi connectivity index (χ0) is 15.6. The van der Waals surface area contributed by atoms with Gasteiger partial charge in [-0.3, -0.25) is 9.88 Å². The van der Waals surface area contributed by atoms with Crippen LogP contribution in [0.25, 0.3) is 5.57 Å². The minimum Gasteiger partial charge on any atom is -0.296 e. The lowest BCUT2D eigenvalue weighted by molar-refractivity contribution is -0.141. The Balaban J connectivity index is 0.000000774. The summed E-state index contributed by atoms with van der Waals surface area (Å²) in [7, 11) is 0. The van der Waals surface area contributed by atoms with Crippen LogP contribution in [-0.2, 0) is 6.18 Å². The van der Waals surface area contributed by atoms with Gasteiger partial charge in [-0.05, 0) is 36.1 Å². The molecule has 0 amide bonds. The van der Waals surface area contributed by atoms with Crippen LogP contribution in [0.1, 0.15) is 38.4 Å². The Morgan fingerprint density at radius 1 is 1.29 bits per heavy atom. The van der Waals surface area contributed by atoms with Gasteiger partial charge in [0, 0.05) is 18.8 Å². The molecule has 2 atom stereocenters. The lowest BCUT2D eigenvalue weighted by Crippen LogP contribution is -2.31. The van der Waals surface area contributed by atoms with Gasteiger partial charge in [-0.2, -0.15) is 13.2 Å². The van der Waals surface area contributed by atoms with Gasteiger partial charge in [0.25, 0.3) is 0 Å². The van der Waals surface area contributed by atoms with Crippen molar-refractivity contribution in [3.05, 3.63) is 35.7 Å². The van der Waals surface area contributed by atoms with Gasteiger partial charge in [0.1, 0.15) is 5.69 Å². The van der Waals surface area contributed by atoms with Crippen LogP contribution in [0.2, 0.25) is 0 Å². The number of pyridine rings is 1. The highest BCUT2D eigenvalue weighted by molar-refractivity contribution is 5.72. The molecule has 0 saturated carbocycles. The van der Waals surface area contributed by atoms with Gasteiger partial charge < -0.3 is 0 Å². The molecule has 2 aliphatic rings. The molecular weight excluding hydrogens is 277 g/mol. The van der Waals surface area contributed by atoms with E-state index in [1.54, 1.807) is 0 Å². The summed E-state index contributed by atoms with van der Waals surface area (Å²) in [6.07, 6.45) is 0.269. The molecule has 0 radical (unpaired) electrons. The highest BCUT2D eigenvalue weighted by Gasteiger charge is 2.39. The Morgan fingerprint density at radius 2 is 2.00 bits per heavy atom. The van der Waals surface area contributed by atoms with Crippen molar-refractivity contribution in [3.8, 4) is 0 Å². The molecule has 2 unspecified atom stereocenters. The van der Waals surface area contributed by atoms with E-state index in [4.69, 9.17) is 0 Å². The number of likely N-dealkylation sites (N-methyl/N-ethyl adjacent to an activating group) is 1. The minimum atomic E-state index is -4.36. The summed E-state index contributed by atoms with van der Waals surface area (Å²) in [4.78, 5) is 5.92. The smallest absolute Gasteiger partial charge is 0.296 e. The summed E-state index contributed by atoms with van der Waals surface area (Å²) in [6.45, 7) is 8.16. The van der Waals surface area contributed by atoms with Crippen molar-refractivity contribution in [1.29, 1.82) is 0 Å². The van der Waals surface area contributed by atoms with Crippen molar-refractivity contribution in [2.75, 3.05) is 13.1 Å². The van der Waals surface area contributed by atoms with Crippen molar-refractivity contribution < 1.29 is 13.2 Å². The number of likely N-dealkylation sites (tertiary alicyclic amines) is 1. The summed E-state index contributed by atoms with van der Waals surface area (Å²) in [5.74, 6) is 0.544. The monoisotopic (exact) mass is 298 g/mol. The molecule has 0 aromatic carbocycles. The van der Waals surface area contributed by atoms with E-state index in [0.717, 1.165) is 36.7 Å². The molecule has 5 heteroatoms. The molecule has 2 heterocycles. The van der Waals surface area contributed by atoms with E-state index in [-0.39, 0.29) is 0 Å². The van der Waals surface area contributed by atoms with Crippen molar-refractivity contribution in [3.63, 3.8) is 0 Å². The first-order valence-corrected chi connectivity index (χ1v) is 7.48. The average molecular weight is 298 g/mol. The molecule has 116 valence electrons. The molecule has 1 aromatic heterocycles. The highest BCUT2D eigenvalue weighted by Crippen LogP contribution is 2.41. The maximum absolute atomic E-state index is 12.5. The van der Waals surface area contributed by atoms with E-state index < -0.39 is 11.9 Å². The zero-order valence-corrected chi connectivity index (χ0v) is 12.6. The van der Waals surface area contributed by atoms with Crippen molar-refractivity contribution in [2.45, 2.75) is 39.4 Å². The van der Waals surface area contributed by atoms with Crippen LogP contribution in [0, 0.1) is 5.92 Å². The summed E-state index contributed by atoms with van der Waals surface area (Å²) in [5, 5.41) is 0. The quantitative estimate of drug-likeness (QED) is 0.812. The van der Waals surface area contributed by atoms with Gasteiger partial charge in [0.05, 0.1) is 0 Å². The molecule has 1 fully saturated rings. The van der Waals surface area contributed by atoms with E-state index in [1.807, 2.05) is 13.8 Å². The Bertz CT molecular complexity index is 505.